The van der Waals surface area contributed by atoms with Gasteiger partial charge >= 0.3 is 0 Å². The molecular weight excluding hydrogens is 370 g/mol. The quantitative estimate of drug-likeness (QED) is 0.577. The van der Waals surface area contributed by atoms with E-state index >= 15 is 0 Å². The van der Waals surface area contributed by atoms with Gasteiger partial charge in [-0.05, 0) is 24.9 Å². The number of likely N-dealkylation sites (tertiary alicyclic amines) is 1. The Kier molecular flexibility index (Phi) is 5.67. The first-order chi connectivity index (χ1) is 14.9. The molecule has 3 aromatic carbocycles. The first-order valence-electron chi connectivity index (χ1n) is 11.1. The molecule has 3 nitrogen and oxygen atoms in total. The van der Waals surface area contributed by atoms with Crippen molar-refractivity contribution in [3.63, 3.8) is 0 Å². The smallest absolute Gasteiger partial charge is 0.222 e. The largest absolute Gasteiger partial charge is 0.339 e. The van der Waals surface area contributed by atoms with E-state index in [9.17, 15) is 0 Å². The van der Waals surface area contributed by atoms with E-state index in [1.54, 1.807) is 0 Å². The lowest BCUT2D eigenvalue weighted by atomic mass is 9.95. The molecule has 0 saturated carbocycles. The van der Waals surface area contributed by atoms with Gasteiger partial charge in [-0.2, -0.15) is 0 Å². The second kappa shape index (κ2) is 8.73. The van der Waals surface area contributed by atoms with Gasteiger partial charge in [0.05, 0.1) is 6.61 Å². The standard InChI is InChI=1S/C27H29NO2/c1-4-12-22(13-5-1)20-28-19-11-10-18-25(28)26-21-29-27(30-26,23-14-6-2-7-15-23)24-16-8-3-9-17-24/h1-9,12-17,25-26H,10-11,18-21H2/t25?,26-/m1/s1. The summed E-state index contributed by atoms with van der Waals surface area (Å²) in [6.45, 7) is 2.69. The highest BCUT2D eigenvalue weighted by Crippen LogP contribution is 2.42. The fourth-order valence-electron chi connectivity index (χ4n) is 4.91. The van der Waals surface area contributed by atoms with Crippen LogP contribution in [0.25, 0.3) is 0 Å². The van der Waals surface area contributed by atoms with Gasteiger partial charge in [-0.25, -0.2) is 0 Å². The van der Waals surface area contributed by atoms with E-state index in [1.807, 2.05) is 12.1 Å². The molecule has 3 heteroatoms. The molecule has 0 amide bonds. The molecule has 1 unspecified atom stereocenters. The summed E-state index contributed by atoms with van der Waals surface area (Å²) in [5.74, 6) is -0.830. The van der Waals surface area contributed by atoms with Crippen LogP contribution in [0.15, 0.2) is 91.0 Å². The summed E-state index contributed by atoms with van der Waals surface area (Å²) in [4.78, 5) is 2.60. The summed E-state index contributed by atoms with van der Waals surface area (Å²) in [7, 11) is 0. The average molecular weight is 400 g/mol. The zero-order valence-electron chi connectivity index (χ0n) is 17.3. The summed E-state index contributed by atoms with van der Waals surface area (Å²) < 4.78 is 13.4. The zero-order chi connectivity index (χ0) is 20.2. The van der Waals surface area contributed by atoms with Crippen molar-refractivity contribution in [3.8, 4) is 0 Å². The molecule has 2 saturated heterocycles. The lowest BCUT2D eigenvalue weighted by Gasteiger charge is -2.39. The number of nitrogens with zero attached hydrogens (tertiary/aromatic N) is 1. The van der Waals surface area contributed by atoms with Crippen LogP contribution in [-0.4, -0.2) is 30.2 Å². The second-order valence-electron chi connectivity index (χ2n) is 8.34. The predicted octanol–water partition coefficient (Wildman–Crippen LogP) is 5.36. The minimum atomic E-state index is -0.830. The second-order valence-corrected chi connectivity index (χ2v) is 8.34. The van der Waals surface area contributed by atoms with Crippen LogP contribution in [0.2, 0.25) is 0 Å². The van der Waals surface area contributed by atoms with Crippen molar-refractivity contribution in [2.75, 3.05) is 13.2 Å². The third kappa shape index (κ3) is 3.81. The maximum atomic E-state index is 6.86. The average Bonchev–Trinajstić information content (AvgIpc) is 3.28. The van der Waals surface area contributed by atoms with Crippen molar-refractivity contribution in [3.05, 3.63) is 108 Å². The van der Waals surface area contributed by atoms with E-state index < -0.39 is 5.79 Å². The number of ether oxygens (including phenoxy) is 2. The van der Waals surface area contributed by atoms with Crippen LogP contribution >= 0.6 is 0 Å². The SMILES string of the molecule is c1ccc(CN2CCCCC2[C@H]2COC(c3ccccc3)(c3ccccc3)O2)cc1. The van der Waals surface area contributed by atoms with Crippen LogP contribution in [0.1, 0.15) is 36.0 Å². The molecule has 30 heavy (non-hydrogen) atoms. The molecule has 154 valence electrons. The van der Waals surface area contributed by atoms with Gasteiger partial charge in [0, 0.05) is 23.7 Å². The van der Waals surface area contributed by atoms with Crippen molar-refractivity contribution in [2.45, 2.75) is 43.7 Å². The van der Waals surface area contributed by atoms with E-state index in [-0.39, 0.29) is 6.10 Å². The topological polar surface area (TPSA) is 21.7 Å². The first kappa shape index (κ1) is 19.5. The Labute approximate surface area is 179 Å². The number of benzene rings is 3. The molecule has 5 rings (SSSR count). The Bertz CT molecular complexity index is 889. The summed E-state index contributed by atoms with van der Waals surface area (Å²) >= 11 is 0. The highest BCUT2D eigenvalue weighted by molar-refractivity contribution is 5.34. The van der Waals surface area contributed by atoms with Gasteiger partial charge < -0.3 is 9.47 Å². The van der Waals surface area contributed by atoms with E-state index in [1.165, 1.54) is 18.4 Å². The van der Waals surface area contributed by atoms with E-state index in [2.05, 4.69) is 83.8 Å². The van der Waals surface area contributed by atoms with Gasteiger partial charge in [0.25, 0.3) is 0 Å². The highest BCUT2D eigenvalue weighted by Gasteiger charge is 2.48. The van der Waals surface area contributed by atoms with Crippen molar-refractivity contribution < 1.29 is 9.47 Å². The number of piperidine rings is 1. The fraction of sp³-hybridized carbons (Fsp3) is 0.333. The highest BCUT2D eigenvalue weighted by atomic mass is 16.7. The molecule has 0 radical (unpaired) electrons. The molecule has 0 bridgehead atoms. The van der Waals surface area contributed by atoms with Gasteiger partial charge in [0.15, 0.2) is 0 Å². The van der Waals surface area contributed by atoms with Gasteiger partial charge in [0.1, 0.15) is 6.10 Å². The van der Waals surface area contributed by atoms with Crippen LogP contribution < -0.4 is 0 Å². The monoisotopic (exact) mass is 399 g/mol. The number of hydrogen-bond donors (Lipinski definition) is 0. The molecule has 0 N–H and O–H groups in total. The molecule has 3 aromatic rings. The molecule has 2 aliphatic rings. The lowest BCUT2D eigenvalue weighted by Crippen LogP contribution is -2.47. The van der Waals surface area contributed by atoms with Crippen molar-refractivity contribution in [1.29, 1.82) is 0 Å². The van der Waals surface area contributed by atoms with Crippen molar-refractivity contribution in [1.82, 2.24) is 4.90 Å². The molecular formula is C27H29NO2. The van der Waals surface area contributed by atoms with Gasteiger partial charge in [-0.3, -0.25) is 4.90 Å². The third-order valence-electron chi connectivity index (χ3n) is 6.40. The Balaban J connectivity index is 1.43. The van der Waals surface area contributed by atoms with Crippen LogP contribution in [0.5, 0.6) is 0 Å². The minimum absolute atomic E-state index is 0.0504. The number of hydrogen-bond acceptors (Lipinski definition) is 3. The molecule has 2 aliphatic heterocycles. The van der Waals surface area contributed by atoms with Crippen molar-refractivity contribution >= 4 is 0 Å². The maximum Gasteiger partial charge on any atom is 0.222 e. The third-order valence-corrected chi connectivity index (χ3v) is 6.40. The Morgan fingerprint density at radius 1 is 0.767 bits per heavy atom. The van der Waals surface area contributed by atoms with Crippen LogP contribution in [-0.2, 0) is 21.8 Å². The summed E-state index contributed by atoms with van der Waals surface area (Å²) in [5.41, 5.74) is 3.48. The Hall–Kier alpha value is -2.46. The molecule has 0 spiro atoms. The Morgan fingerprint density at radius 3 is 2.00 bits per heavy atom. The lowest BCUT2D eigenvalue weighted by molar-refractivity contribution is -0.152. The van der Waals surface area contributed by atoms with Crippen LogP contribution in [0.4, 0.5) is 0 Å². The van der Waals surface area contributed by atoms with Crippen molar-refractivity contribution in [2.24, 2.45) is 0 Å². The van der Waals surface area contributed by atoms with E-state index in [4.69, 9.17) is 9.47 Å². The van der Waals surface area contributed by atoms with Crippen LogP contribution in [0.3, 0.4) is 0 Å². The molecule has 2 heterocycles. The minimum Gasteiger partial charge on any atom is -0.339 e. The normalized spacial score (nSPS) is 24.0. The number of rotatable bonds is 5. The Morgan fingerprint density at radius 2 is 1.37 bits per heavy atom. The zero-order valence-corrected chi connectivity index (χ0v) is 17.3. The van der Waals surface area contributed by atoms with Crippen LogP contribution in [0, 0.1) is 0 Å². The predicted molar refractivity (Wildman–Crippen MR) is 119 cm³/mol. The van der Waals surface area contributed by atoms with Gasteiger partial charge in [0.2, 0.25) is 5.79 Å². The van der Waals surface area contributed by atoms with E-state index in [0.29, 0.717) is 12.6 Å². The van der Waals surface area contributed by atoms with E-state index in [0.717, 1.165) is 30.6 Å². The molecule has 0 aromatic heterocycles. The molecule has 2 atom stereocenters. The summed E-state index contributed by atoms with van der Waals surface area (Å²) in [5, 5.41) is 0. The molecule has 0 aliphatic carbocycles. The van der Waals surface area contributed by atoms with Gasteiger partial charge in [-0.15, -0.1) is 0 Å². The molecule has 2 fully saturated rings. The first-order valence-corrected chi connectivity index (χ1v) is 11.1. The summed E-state index contributed by atoms with van der Waals surface area (Å²) in [6.07, 6.45) is 3.70. The maximum absolute atomic E-state index is 6.86. The fourth-order valence-corrected chi connectivity index (χ4v) is 4.91. The summed E-state index contributed by atoms with van der Waals surface area (Å²) in [6, 6.07) is 31.9. The van der Waals surface area contributed by atoms with Gasteiger partial charge in [-0.1, -0.05) is 97.4 Å².